The number of carbonyl (C=O) groups excluding carboxylic acids is 1. The fraction of sp³-hybridized carbons (Fsp3) is 0.933. The maximum absolute atomic E-state index is 11.3. The molecule has 2 saturated heterocycles. The zero-order chi connectivity index (χ0) is 15.5. The highest BCUT2D eigenvalue weighted by Gasteiger charge is 2.54. The average molecular weight is 311 g/mol. The molecule has 6 nitrogen and oxygen atoms in total. The Bertz CT molecular complexity index is 396. The second kappa shape index (κ2) is 7.30. The fourth-order valence-electron chi connectivity index (χ4n) is 3.94. The van der Waals surface area contributed by atoms with Crippen LogP contribution in [0.4, 0.5) is 0 Å². The molecule has 1 saturated carbocycles. The third-order valence-electron chi connectivity index (χ3n) is 5.07. The van der Waals surface area contributed by atoms with Gasteiger partial charge in [-0.05, 0) is 18.8 Å². The number of carbonyl (C=O) groups is 1. The summed E-state index contributed by atoms with van der Waals surface area (Å²) in [5.74, 6) is 0.453. The van der Waals surface area contributed by atoms with Gasteiger partial charge in [0.05, 0.1) is 18.8 Å². The van der Waals surface area contributed by atoms with Crippen LogP contribution >= 0.6 is 0 Å². The molecule has 5 atom stereocenters. The summed E-state index contributed by atoms with van der Waals surface area (Å²) in [5.41, 5.74) is 5.87. The average Bonchev–Trinajstić information content (AvgIpc) is 2.67. The van der Waals surface area contributed by atoms with Gasteiger partial charge in [0.25, 0.3) is 0 Å². The molecule has 0 amide bonds. The highest BCUT2D eigenvalue weighted by atomic mass is 16.6. The normalized spacial score (nSPS) is 38.1. The maximum atomic E-state index is 11.3. The van der Waals surface area contributed by atoms with Gasteiger partial charge in [0.1, 0.15) is 12.7 Å². The molecule has 0 spiro atoms. The van der Waals surface area contributed by atoms with Crippen LogP contribution in [0, 0.1) is 5.92 Å². The van der Waals surface area contributed by atoms with Crippen molar-refractivity contribution in [2.75, 3.05) is 19.8 Å². The van der Waals surface area contributed by atoms with Gasteiger partial charge in [-0.15, -0.1) is 0 Å². The van der Waals surface area contributed by atoms with E-state index in [9.17, 15) is 4.79 Å². The van der Waals surface area contributed by atoms with Crippen LogP contribution in [0.3, 0.4) is 0 Å². The van der Waals surface area contributed by atoms with Gasteiger partial charge in [-0.1, -0.05) is 19.8 Å². The van der Waals surface area contributed by atoms with E-state index in [1.165, 1.54) is 12.8 Å². The standard InChI is InChI=1S/C15H26BNO5/c1-2-14(18)20-9-10-8-19-12-6-4-3-5-11-13(7-17)22-16(21-10)15(11)12/h10-13,15H,2-9,17H2,1H3. The van der Waals surface area contributed by atoms with Crippen molar-refractivity contribution in [2.24, 2.45) is 11.7 Å². The van der Waals surface area contributed by atoms with Crippen LogP contribution in [0.25, 0.3) is 0 Å². The Morgan fingerprint density at radius 3 is 2.91 bits per heavy atom. The number of nitrogens with two attached hydrogens (primary N) is 1. The van der Waals surface area contributed by atoms with Crippen LogP contribution < -0.4 is 5.73 Å². The number of hydrogen-bond acceptors (Lipinski definition) is 6. The smallest absolute Gasteiger partial charge is 0.463 e. The van der Waals surface area contributed by atoms with E-state index in [-0.39, 0.29) is 43.8 Å². The molecule has 2 heterocycles. The summed E-state index contributed by atoms with van der Waals surface area (Å²) < 4.78 is 23.4. The van der Waals surface area contributed by atoms with Crippen LogP contribution in [-0.4, -0.2) is 51.2 Å². The fourth-order valence-corrected chi connectivity index (χ4v) is 3.94. The zero-order valence-electron chi connectivity index (χ0n) is 13.2. The van der Waals surface area contributed by atoms with E-state index < -0.39 is 0 Å². The van der Waals surface area contributed by atoms with Crippen molar-refractivity contribution in [3.05, 3.63) is 0 Å². The first kappa shape index (κ1) is 16.2. The van der Waals surface area contributed by atoms with Crippen molar-refractivity contribution in [1.29, 1.82) is 0 Å². The molecule has 22 heavy (non-hydrogen) atoms. The molecule has 0 aromatic carbocycles. The lowest BCUT2D eigenvalue weighted by Crippen LogP contribution is -2.34. The summed E-state index contributed by atoms with van der Waals surface area (Å²) in [6, 6.07) is 0. The summed E-state index contributed by atoms with van der Waals surface area (Å²) in [7, 11) is -0.283. The lowest BCUT2D eigenvalue weighted by molar-refractivity contribution is -0.147. The van der Waals surface area contributed by atoms with E-state index in [0.29, 0.717) is 25.5 Å². The molecule has 7 heteroatoms. The van der Waals surface area contributed by atoms with E-state index in [0.717, 1.165) is 12.8 Å². The third kappa shape index (κ3) is 3.32. The third-order valence-corrected chi connectivity index (χ3v) is 5.07. The predicted octanol–water partition coefficient (Wildman–Crippen LogP) is 1.13. The summed E-state index contributed by atoms with van der Waals surface area (Å²) in [4.78, 5) is 11.3. The van der Waals surface area contributed by atoms with Crippen LogP contribution in [0.5, 0.6) is 0 Å². The second-order valence-electron chi connectivity index (χ2n) is 6.47. The van der Waals surface area contributed by atoms with Crippen molar-refractivity contribution in [3.63, 3.8) is 0 Å². The first-order chi connectivity index (χ1) is 10.7. The molecule has 0 aromatic rings. The Morgan fingerprint density at radius 2 is 2.14 bits per heavy atom. The van der Waals surface area contributed by atoms with Crippen LogP contribution in [0.2, 0.25) is 5.82 Å². The van der Waals surface area contributed by atoms with Gasteiger partial charge in [-0.2, -0.15) is 0 Å². The van der Waals surface area contributed by atoms with Crippen LogP contribution in [-0.2, 0) is 23.6 Å². The lowest BCUT2D eigenvalue weighted by atomic mass is 9.63. The molecule has 0 aromatic heterocycles. The minimum absolute atomic E-state index is 0.0520. The van der Waals surface area contributed by atoms with Crippen LogP contribution in [0.15, 0.2) is 0 Å². The van der Waals surface area contributed by atoms with Gasteiger partial charge in [-0.3, -0.25) is 4.79 Å². The Hall–Kier alpha value is -0.625. The molecule has 5 unspecified atom stereocenters. The minimum atomic E-state index is -0.283. The van der Waals surface area contributed by atoms with E-state index >= 15 is 0 Å². The van der Waals surface area contributed by atoms with Gasteiger partial charge in [0, 0.05) is 18.8 Å². The molecule has 2 aliphatic heterocycles. The van der Waals surface area contributed by atoms with E-state index in [1.807, 2.05) is 0 Å². The Balaban J connectivity index is 1.68. The second-order valence-corrected chi connectivity index (χ2v) is 6.47. The topological polar surface area (TPSA) is 80.0 Å². The highest BCUT2D eigenvalue weighted by molar-refractivity contribution is 6.48. The van der Waals surface area contributed by atoms with Gasteiger partial charge in [0.15, 0.2) is 0 Å². The highest BCUT2D eigenvalue weighted by Crippen LogP contribution is 2.47. The number of hydrogen-bond donors (Lipinski definition) is 1. The summed E-state index contributed by atoms with van der Waals surface area (Å²) in [6.45, 7) is 2.98. The molecule has 3 rings (SSSR count). The minimum Gasteiger partial charge on any atom is -0.463 e. The van der Waals surface area contributed by atoms with Crippen LogP contribution in [0.1, 0.15) is 39.0 Å². The molecule has 124 valence electrons. The molecular formula is C15H26BNO5. The molecule has 0 bridgehead atoms. The quantitative estimate of drug-likeness (QED) is 0.619. The van der Waals surface area contributed by atoms with Crippen molar-refractivity contribution >= 4 is 13.1 Å². The van der Waals surface area contributed by atoms with Crippen molar-refractivity contribution in [1.82, 2.24) is 0 Å². The number of rotatable bonds is 4. The summed E-state index contributed by atoms with van der Waals surface area (Å²) >= 11 is 0. The van der Waals surface area contributed by atoms with Crippen molar-refractivity contribution in [2.45, 2.75) is 63.2 Å². The molecule has 1 aliphatic carbocycles. The van der Waals surface area contributed by atoms with E-state index in [4.69, 9.17) is 24.5 Å². The number of esters is 1. The van der Waals surface area contributed by atoms with Gasteiger partial charge >= 0.3 is 13.1 Å². The van der Waals surface area contributed by atoms with E-state index in [2.05, 4.69) is 0 Å². The SMILES string of the molecule is CCC(=O)OCC1COC2CCCCC3C(CN)OB(O1)C23. The van der Waals surface area contributed by atoms with Gasteiger partial charge in [0.2, 0.25) is 0 Å². The molecular weight excluding hydrogens is 285 g/mol. The Labute approximate surface area is 132 Å². The molecule has 3 aliphatic rings. The largest absolute Gasteiger partial charge is 0.463 e. The first-order valence-electron chi connectivity index (χ1n) is 8.51. The Morgan fingerprint density at radius 1 is 1.32 bits per heavy atom. The molecule has 0 radical (unpaired) electrons. The molecule has 2 N–H and O–H groups in total. The van der Waals surface area contributed by atoms with Gasteiger partial charge < -0.3 is 24.5 Å². The van der Waals surface area contributed by atoms with Gasteiger partial charge in [-0.25, -0.2) is 0 Å². The first-order valence-corrected chi connectivity index (χ1v) is 8.51. The van der Waals surface area contributed by atoms with E-state index in [1.54, 1.807) is 6.92 Å². The monoisotopic (exact) mass is 311 g/mol. The predicted molar refractivity (Wildman–Crippen MR) is 81.3 cm³/mol. The molecule has 3 fully saturated rings. The van der Waals surface area contributed by atoms with Crippen molar-refractivity contribution in [3.8, 4) is 0 Å². The summed E-state index contributed by atoms with van der Waals surface area (Å²) in [6.07, 6.45) is 4.88. The number of ether oxygens (including phenoxy) is 2. The Kier molecular flexibility index (Phi) is 5.39. The summed E-state index contributed by atoms with van der Waals surface area (Å²) in [5, 5.41) is 0. The van der Waals surface area contributed by atoms with Crippen molar-refractivity contribution < 1.29 is 23.6 Å². The zero-order valence-corrected chi connectivity index (χ0v) is 13.2. The maximum Gasteiger partial charge on any atom is 0.463 e. The lowest BCUT2D eigenvalue weighted by Gasteiger charge is -2.25.